The Morgan fingerprint density at radius 1 is 1.15 bits per heavy atom. The van der Waals surface area contributed by atoms with Crippen molar-refractivity contribution in [3.8, 4) is 5.75 Å². The van der Waals surface area contributed by atoms with Crippen molar-refractivity contribution >= 4 is 44.3 Å². The van der Waals surface area contributed by atoms with E-state index in [9.17, 15) is 14.7 Å². The maximum atomic E-state index is 13.5. The van der Waals surface area contributed by atoms with Gasteiger partial charge in [-0.2, -0.15) is 0 Å². The van der Waals surface area contributed by atoms with Crippen LogP contribution in [0.4, 0.5) is 5.69 Å². The number of benzene rings is 2. The number of aliphatic hydroxyl groups excluding tert-OH is 1. The van der Waals surface area contributed by atoms with E-state index in [1.807, 2.05) is 13.0 Å². The van der Waals surface area contributed by atoms with E-state index in [1.54, 1.807) is 54.6 Å². The van der Waals surface area contributed by atoms with E-state index in [0.717, 1.165) is 4.47 Å². The van der Waals surface area contributed by atoms with E-state index in [2.05, 4.69) is 15.9 Å². The summed E-state index contributed by atoms with van der Waals surface area (Å²) in [5.41, 5.74) is 0.854. The quantitative estimate of drug-likeness (QED) is 0.323. The van der Waals surface area contributed by atoms with E-state index in [1.165, 1.54) is 11.2 Å². The number of carbonyl (C=O) groups excluding carboxylic acids is 2. The Labute approximate surface area is 197 Å². The molecule has 0 saturated carbocycles. The van der Waals surface area contributed by atoms with Crippen LogP contribution in [-0.4, -0.2) is 23.4 Å². The second-order valence-corrected chi connectivity index (χ2v) is 8.32. The van der Waals surface area contributed by atoms with Crippen molar-refractivity contribution in [1.82, 2.24) is 0 Å². The third-order valence-corrected chi connectivity index (χ3v) is 5.87. The van der Waals surface area contributed by atoms with Crippen LogP contribution in [0.5, 0.6) is 5.75 Å². The summed E-state index contributed by atoms with van der Waals surface area (Å²) >= 11 is 3.40. The van der Waals surface area contributed by atoms with Gasteiger partial charge in [-0.3, -0.25) is 14.5 Å². The zero-order valence-electron chi connectivity index (χ0n) is 17.4. The molecule has 1 aliphatic rings. The van der Waals surface area contributed by atoms with E-state index in [0.29, 0.717) is 34.8 Å². The number of hydrogen-bond acceptors (Lipinski definition) is 6. The number of ketones is 1. The van der Waals surface area contributed by atoms with Crippen LogP contribution in [0.3, 0.4) is 0 Å². The van der Waals surface area contributed by atoms with Gasteiger partial charge in [0.1, 0.15) is 23.1 Å². The fraction of sp³-hybridized carbons (Fsp3) is 0.120. The third-order valence-electron chi connectivity index (χ3n) is 5.37. The number of carbonyl (C=O) groups is 2. The lowest BCUT2D eigenvalue weighted by Crippen LogP contribution is -2.30. The molecule has 7 nitrogen and oxygen atoms in total. The molecule has 3 heterocycles. The van der Waals surface area contributed by atoms with E-state index < -0.39 is 23.5 Å². The molecule has 33 heavy (non-hydrogen) atoms. The first kappa shape index (κ1) is 21.1. The van der Waals surface area contributed by atoms with Gasteiger partial charge in [-0.05, 0) is 55.5 Å². The van der Waals surface area contributed by atoms with Gasteiger partial charge in [0.15, 0.2) is 11.5 Å². The highest BCUT2D eigenvalue weighted by Gasteiger charge is 2.46. The van der Waals surface area contributed by atoms with E-state index in [-0.39, 0.29) is 11.3 Å². The van der Waals surface area contributed by atoms with Crippen LogP contribution in [0.25, 0.3) is 11.0 Å². The Bertz CT molecular complexity index is 1400. The van der Waals surface area contributed by atoms with Crippen molar-refractivity contribution in [1.29, 1.82) is 0 Å². The Morgan fingerprint density at radius 3 is 2.76 bits per heavy atom. The van der Waals surface area contributed by atoms with Crippen molar-refractivity contribution < 1.29 is 28.3 Å². The average molecular weight is 508 g/mol. The number of amides is 1. The van der Waals surface area contributed by atoms with E-state index >= 15 is 0 Å². The molecule has 4 aromatic rings. The van der Waals surface area contributed by atoms with Gasteiger partial charge in [-0.25, -0.2) is 0 Å². The molecule has 0 aliphatic carbocycles. The summed E-state index contributed by atoms with van der Waals surface area (Å²) in [4.78, 5) is 28.1. The Balaban J connectivity index is 1.61. The zero-order valence-corrected chi connectivity index (χ0v) is 19.0. The van der Waals surface area contributed by atoms with Crippen LogP contribution in [-0.2, 0) is 4.79 Å². The molecule has 2 aromatic carbocycles. The minimum atomic E-state index is -0.975. The summed E-state index contributed by atoms with van der Waals surface area (Å²) in [5.74, 6) is -1.06. The topological polar surface area (TPSA) is 93.1 Å². The van der Waals surface area contributed by atoms with Gasteiger partial charge in [-0.1, -0.05) is 22.0 Å². The molecule has 0 spiro atoms. The van der Waals surface area contributed by atoms with Crippen LogP contribution in [0.2, 0.25) is 0 Å². The largest absolute Gasteiger partial charge is 0.503 e. The van der Waals surface area contributed by atoms with Gasteiger partial charge in [0.2, 0.25) is 5.78 Å². The summed E-state index contributed by atoms with van der Waals surface area (Å²) in [6.45, 7) is 2.31. The maximum absolute atomic E-state index is 13.5. The number of furan rings is 2. The van der Waals surface area contributed by atoms with Crippen LogP contribution < -0.4 is 9.64 Å². The van der Waals surface area contributed by atoms with Crippen LogP contribution in [0.1, 0.15) is 29.3 Å². The number of Topliss-reactive ketones (excluding diaryl/α,β-unsaturated/α-hetero) is 1. The summed E-state index contributed by atoms with van der Waals surface area (Å²) in [6.07, 6.45) is 1.45. The molecule has 8 heteroatoms. The van der Waals surface area contributed by atoms with Crippen molar-refractivity contribution in [2.75, 3.05) is 11.5 Å². The number of fused-ring (bicyclic) bond motifs is 1. The number of ether oxygens (including phenoxy) is 1. The number of halogens is 1. The Morgan fingerprint density at radius 2 is 2.00 bits per heavy atom. The lowest BCUT2D eigenvalue weighted by molar-refractivity contribution is -0.117. The molecule has 0 fully saturated rings. The second-order valence-electron chi connectivity index (χ2n) is 7.41. The van der Waals surface area contributed by atoms with Crippen LogP contribution >= 0.6 is 15.9 Å². The first-order valence-corrected chi connectivity index (χ1v) is 11.0. The van der Waals surface area contributed by atoms with Crippen molar-refractivity contribution in [2.24, 2.45) is 0 Å². The highest BCUT2D eigenvalue weighted by Crippen LogP contribution is 2.43. The number of rotatable bonds is 6. The SMILES string of the molecule is CCOc1cccc(N2C(=O)C(O)=C(C(=O)c3cc4cc(Br)ccc4o3)C2c2ccco2)c1. The Kier molecular flexibility index (Phi) is 5.30. The fourth-order valence-corrected chi connectivity index (χ4v) is 4.35. The zero-order chi connectivity index (χ0) is 23.1. The minimum absolute atomic E-state index is 0.0129. The third kappa shape index (κ3) is 3.62. The maximum Gasteiger partial charge on any atom is 0.294 e. The van der Waals surface area contributed by atoms with Gasteiger partial charge in [0.25, 0.3) is 5.91 Å². The predicted molar refractivity (Wildman–Crippen MR) is 124 cm³/mol. The van der Waals surface area contributed by atoms with E-state index in [4.69, 9.17) is 13.6 Å². The highest BCUT2D eigenvalue weighted by molar-refractivity contribution is 9.10. The van der Waals surface area contributed by atoms with Gasteiger partial charge in [-0.15, -0.1) is 0 Å². The molecular formula is C25H18BrNO6. The lowest BCUT2D eigenvalue weighted by atomic mass is 9.99. The van der Waals surface area contributed by atoms with Crippen LogP contribution in [0, 0.1) is 0 Å². The average Bonchev–Trinajstić information content (AvgIpc) is 3.52. The number of hydrogen-bond donors (Lipinski definition) is 1. The highest BCUT2D eigenvalue weighted by atomic mass is 79.9. The first-order valence-electron chi connectivity index (χ1n) is 10.2. The van der Waals surface area contributed by atoms with Gasteiger partial charge >= 0.3 is 0 Å². The van der Waals surface area contributed by atoms with Crippen molar-refractivity contribution in [2.45, 2.75) is 13.0 Å². The molecule has 0 bridgehead atoms. The van der Waals surface area contributed by atoms with Crippen molar-refractivity contribution in [3.63, 3.8) is 0 Å². The molecule has 1 unspecified atom stereocenters. The molecule has 1 atom stereocenters. The summed E-state index contributed by atoms with van der Waals surface area (Å²) in [6, 6.07) is 16.2. The normalized spacial score (nSPS) is 16.1. The van der Waals surface area contributed by atoms with Gasteiger partial charge in [0, 0.05) is 21.6 Å². The molecule has 0 saturated heterocycles. The van der Waals surface area contributed by atoms with Gasteiger partial charge in [0.05, 0.1) is 18.4 Å². The fourth-order valence-electron chi connectivity index (χ4n) is 3.97. The molecule has 0 radical (unpaired) electrons. The lowest BCUT2D eigenvalue weighted by Gasteiger charge is -2.25. The molecule has 5 rings (SSSR count). The summed E-state index contributed by atoms with van der Waals surface area (Å²) in [7, 11) is 0. The van der Waals surface area contributed by atoms with Crippen LogP contribution in [0.15, 0.2) is 91.6 Å². The number of anilines is 1. The first-order chi connectivity index (χ1) is 16.0. The Hall–Kier alpha value is -3.78. The minimum Gasteiger partial charge on any atom is -0.503 e. The predicted octanol–water partition coefficient (Wildman–Crippen LogP) is 5.97. The summed E-state index contributed by atoms with van der Waals surface area (Å²) in [5, 5.41) is 11.5. The molecule has 1 N–H and O–H groups in total. The number of aliphatic hydroxyl groups is 1. The molecule has 1 aliphatic heterocycles. The molecule has 1 amide bonds. The summed E-state index contributed by atoms with van der Waals surface area (Å²) < 4.78 is 17.7. The van der Waals surface area contributed by atoms with Crippen molar-refractivity contribution in [3.05, 3.63) is 94.3 Å². The van der Waals surface area contributed by atoms with Gasteiger partial charge < -0.3 is 18.7 Å². The molecule has 2 aromatic heterocycles. The number of nitrogens with zero attached hydrogens (tertiary/aromatic N) is 1. The molecule has 166 valence electrons. The second kappa shape index (κ2) is 8.29. The standard InChI is InChI=1S/C25H18BrNO6/c1-2-31-17-6-3-5-16(13-17)27-22(19-7-4-10-32-19)21(24(29)25(27)30)23(28)20-12-14-11-15(26)8-9-18(14)33-20/h3-13,22,29H,2H2,1H3. The monoisotopic (exact) mass is 507 g/mol. The smallest absolute Gasteiger partial charge is 0.294 e. The molecular weight excluding hydrogens is 490 g/mol.